The van der Waals surface area contributed by atoms with Gasteiger partial charge < -0.3 is 9.47 Å². The Bertz CT molecular complexity index is 1610. The lowest BCUT2D eigenvalue weighted by Gasteiger charge is -2.13. The molecule has 0 unspecified atom stereocenters. The molecule has 202 valence electrons. The summed E-state index contributed by atoms with van der Waals surface area (Å²) in [4.78, 5) is 23.5. The van der Waals surface area contributed by atoms with Crippen molar-refractivity contribution in [2.75, 3.05) is 6.61 Å². The third-order valence-corrected chi connectivity index (χ3v) is 7.67. The summed E-state index contributed by atoms with van der Waals surface area (Å²) in [6.45, 7) is 12.2. The van der Waals surface area contributed by atoms with Crippen LogP contribution in [-0.4, -0.2) is 18.5 Å². The fraction of sp³-hybridized carbons (Fsp3) is 0.226. The molecule has 0 amide bonds. The van der Waals surface area contributed by atoms with Gasteiger partial charge in [0, 0.05) is 26.6 Å². The number of fused-ring (bicyclic) bond motifs is 3. The van der Waals surface area contributed by atoms with E-state index in [4.69, 9.17) is 9.47 Å². The Morgan fingerprint density at radius 3 is 2.10 bits per heavy atom. The molecule has 4 nitrogen and oxygen atoms in total. The summed E-state index contributed by atoms with van der Waals surface area (Å²) >= 11 is 1.04. The van der Waals surface area contributed by atoms with Crippen LogP contribution in [0.2, 0.25) is 0 Å². The van der Waals surface area contributed by atoms with Crippen molar-refractivity contribution >= 4 is 43.4 Å². The Hall–Kier alpha value is -3.91. The average molecular weight is 553 g/mol. The summed E-state index contributed by atoms with van der Waals surface area (Å²) in [5, 5.41) is 1.16. The molecule has 3 aromatic carbocycles. The summed E-state index contributed by atoms with van der Waals surface area (Å²) in [5.41, 5.74) is 3.22. The molecule has 0 bridgehead atoms. The Kier molecular flexibility index (Phi) is 7.97. The van der Waals surface area contributed by atoms with E-state index in [2.05, 4.69) is 13.2 Å². The Morgan fingerprint density at radius 2 is 1.49 bits per heavy atom. The zero-order valence-corrected chi connectivity index (χ0v) is 22.6. The van der Waals surface area contributed by atoms with E-state index in [-0.39, 0.29) is 10.3 Å². The molecule has 0 saturated heterocycles. The molecular formula is C31H27F3O4S. The van der Waals surface area contributed by atoms with Gasteiger partial charge in [-0.3, -0.25) is 0 Å². The lowest BCUT2D eigenvalue weighted by atomic mass is 9.96. The van der Waals surface area contributed by atoms with Crippen LogP contribution in [0.25, 0.3) is 31.3 Å². The molecule has 4 aromatic rings. The van der Waals surface area contributed by atoms with E-state index < -0.39 is 29.4 Å². The van der Waals surface area contributed by atoms with Gasteiger partial charge in [0.2, 0.25) is 0 Å². The van der Waals surface area contributed by atoms with Gasteiger partial charge in [-0.1, -0.05) is 49.6 Å². The maximum absolute atomic E-state index is 14.2. The number of hydrogen-bond donors (Lipinski definition) is 0. The van der Waals surface area contributed by atoms with E-state index in [1.165, 1.54) is 13.0 Å². The second-order valence-electron chi connectivity index (χ2n) is 9.42. The van der Waals surface area contributed by atoms with Crippen LogP contribution >= 0.6 is 11.3 Å². The summed E-state index contributed by atoms with van der Waals surface area (Å²) < 4.78 is 53.5. The molecule has 1 heterocycles. The van der Waals surface area contributed by atoms with E-state index in [1.807, 2.05) is 43.3 Å². The average Bonchev–Trinajstić information content (AvgIpc) is 3.25. The number of halogens is 3. The first-order valence-corrected chi connectivity index (χ1v) is 13.1. The summed E-state index contributed by atoms with van der Waals surface area (Å²) in [7, 11) is 0. The number of rotatable bonds is 8. The normalized spacial score (nSPS) is 11.5. The number of thiophene rings is 1. The van der Waals surface area contributed by atoms with Gasteiger partial charge in [-0.25, -0.2) is 9.59 Å². The van der Waals surface area contributed by atoms with Crippen molar-refractivity contribution in [3.05, 3.63) is 89.5 Å². The fourth-order valence-corrected chi connectivity index (χ4v) is 5.65. The second-order valence-corrected chi connectivity index (χ2v) is 10.4. The molecule has 39 heavy (non-hydrogen) atoms. The SMILES string of the molecule is C=C(C)C(=O)OCCCc1ccc(-c2ccc3c(sc4c(C(F)(F)F)c(OC(=O)C(=C)C)ccc43)c2C)cc1. The maximum atomic E-state index is 14.2. The van der Waals surface area contributed by atoms with Gasteiger partial charge in [-0.2, -0.15) is 13.2 Å². The van der Waals surface area contributed by atoms with Gasteiger partial charge in [0.15, 0.2) is 0 Å². The Balaban J connectivity index is 1.66. The van der Waals surface area contributed by atoms with Crippen molar-refractivity contribution in [1.29, 1.82) is 0 Å². The molecule has 0 radical (unpaired) electrons. The Labute approximate surface area is 228 Å². The Morgan fingerprint density at radius 1 is 0.872 bits per heavy atom. The van der Waals surface area contributed by atoms with Crippen LogP contribution in [0.4, 0.5) is 13.2 Å². The largest absolute Gasteiger partial charge is 0.462 e. The first-order valence-electron chi connectivity index (χ1n) is 12.2. The molecule has 0 aliphatic carbocycles. The highest BCUT2D eigenvalue weighted by Crippen LogP contribution is 2.48. The van der Waals surface area contributed by atoms with E-state index in [9.17, 15) is 22.8 Å². The van der Waals surface area contributed by atoms with Gasteiger partial charge >= 0.3 is 18.1 Å². The molecule has 0 atom stereocenters. The molecule has 0 fully saturated rings. The topological polar surface area (TPSA) is 52.6 Å². The molecular weight excluding hydrogens is 525 g/mol. The molecule has 0 spiro atoms. The van der Waals surface area contributed by atoms with Crippen LogP contribution in [0.1, 0.15) is 37.0 Å². The van der Waals surface area contributed by atoms with Gasteiger partial charge in [0.1, 0.15) is 11.3 Å². The van der Waals surface area contributed by atoms with E-state index in [0.29, 0.717) is 29.4 Å². The van der Waals surface area contributed by atoms with Gasteiger partial charge in [-0.15, -0.1) is 11.3 Å². The zero-order chi connectivity index (χ0) is 28.5. The first kappa shape index (κ1) is 28.1. The summed E-state index contributed by atoms with van der Waals surface area (Å²) in [5.74, 6) is -1.84. The van der Waals surface area contributed by atoms with Crippen molar-refractivity contribution in [3.63, 3.8) is 0 Å². The minimum absolute atomic E-state index is 0.0114. The molecule has 1 aromatic heterocycles. The quantitative estimate of drug-likeness (QED) is 0.0951. The van der Waals surface area contributed by atoms with E-state index >= 15 is 0 Å². The predicted molar refractivity (Wildman–Crippen MR) is 149 cm³/mol. The standard InChI is InChI=1S/C31H27F3O4S/c1-17(2)29(35)37-16-6-7-20-8-10-21(11-9-20)22-12-13-23-24-14-15-25(38-30(36)18(3)4)26(31(32,33)34)28(24)39-27(23)19(22)5/h8-15H,1,3,6-7,16H2,2,4-5H3. The number of carbonyl (C=O) groups excluding carboxylic acids is 2. The predicted octanol–water partition coefficient (Wildman–Crippen LogP) is 8.58. The van der Waals surface area contributed by atoms with E-state index in [0.717, 1.165) is 44.7 Å². The number of esters is 2. The number of hydrogen-bond acceptors (Lipinski definition) is 5. The molecule has 4 rings (SSSR count). The van der Waals surface area contributed by atoms with Crippen LogP contribution in [0.5, 0.6) is 5.75 Å². The van der Waals surface area contributed by atoms with Crippen LogP contribution < -0.4 is 4.74 Å². The third-order valence-electron chi connectivity index (χ3n) is 6.31. The van der Waals surface area contributed by atoms with Crippen molar-refractivity contribution < 1.29 is 32.2 Å². The monoisotopic (exact) mass is 552 g/mol. The van der Waals surface area contributed by atoms with Crippen molar-refractivity contribution in [3.8, 4) is 16.9 Å². The molecule has 0 N–H and O–H groups in total. The molecule has 0 aliphatic rings. The van der Waals surface area contributed by atoms with Crippen LogP contribution in [-0.2, 0) is 26.9 Å². The summed E-state index contributed by atoms with van der Waals surface area (Å²) in [6.07, 6.45) is -3.31. The highest BCUT2D eigenvalue weighted by molar-refractivity contribution is 7.26. The van der Waals surface area contributed by atoms with Crippen molar-refractivity contribution in [1.82, 2.24) is 0 Å². The number of aryl methyl sites for hydroxylation is 2. The lowest BCUT2D eigenvalue weighted by Crippen LogP contribution is -2.14. The van der Waals surface area contributed by atoms with Crippen molar-refractivity contribution in [2.45, 2.75) is 39.8 Å². The minimum atomic E-state index is -4.72. The van der Waals surface area contributed by atoms with Crippen LogP contribution in [0.3, 0.4) is 0 Å². The first-order chi connectivity index (χ1) is 18.4. The number of benzene rings is 3. The minimum Gasteiger partial charge on any atom is -0.462 e. The third kappa shape index (κ3) is 5.91. The number of ether oxygens (including phenoxy) is 2. The maximum Gasteiger partial charge on any atom is 0.421 e. The highest BCUT2D eigenvalue weighted by Gasteiger charge is 2.38. The number of carbonyl (C=O) groups is 2. The zero-order valence-electron chi connectivity index (χ0n) is 21.8. The summed E-state index contributed by atoms with van der Waals surface area (Å²) in [6, 6.07) is 14.5. The van der Waals surface area contributed by atoms with Crippen LogP contribution in [0, 0.1) is 6.92 Å². The van der Waals surface area contributed by atoms with Gasteiger partial charge in [-0.05, 0) is 68.0 Å². The van der Waals surface area contributed by atoms with Crippen LogP contribution in [0.15, 0.2) is 72.8 Å². The van der Waals surface area contributed by atoms with Gasteiger partial charge in [0.05, 0.1) is 11.3 Å². The molecule has 0 aliphatic heterocycles. The van der Waals surface area contributed by atoms with Crippen molar-refractivity contribution in [2.24, 2.45) is 0 Å². The fourth-order valence-electron chi connectivity index (χ4n) is 4.29. The molecule has 8 heteroatoms. The van der Waals surface area contributed by atoms with E-state index in [1.54, 1.807) is 13.0 Å². The highest BCUT2D eigenvalue weighted by atomic mass is 32.1. The van der Waals surface area contributed by atoms with Gasteiger partial charge in [0.25, 0.3) is 0 Å². The smallest absolute Gasteiger partial charge is 0.421 e. The number of alkyl halides is 3. The lowest BCUT2D eigenvalue weighted by molar-refractivity contribution is -0.140. The molecule has 0 saturated carbocycles. The second kappa shape index (κ2) is 11.1.